The van der Waals surface area contributed by atoms with E-state index in [9.17, 15) is 4.79 Å². The normalized spacial score (nSPS) is 10.0. The van der Waals surface area contributed by atoms with Crippen LogP contribution in [0.25, 0.3) is 11.5 Å². The molecule has 0 fully saturated rings. The molecule has 0 atom stereocenters. The molecule has 5 nitrogen and oxygen atoms in total. The molecule has 0 radical (unpaired) electrons. The molecular formula is C7H5N3O2. The lowest BCUT2D eigenvalue weighted by Gasteiger charge is -1.88. The zero-order valence-electron chi connectivity index (χ0n) is 6.02. The smallest absolute Gasteiger partial charge is 0.181 e. The van der Waals surface area contributed by atoms with Crippen molar-refractivity contribution in [3.8, 4) is 11.5 Å². The van der Waals surface area contributed by atoms with Crippen LogP contribution >= 0.6 is 0 Å². The van der Waals surface area contributed by atoms with Crippen LogP contribution in [0.4, 0.5) is 0 Å². The maximum Gasteiger partial charge on any atom is 0.181 e. The Morgan fingerprint density at radius 1 is 1.50 bits per heavy atom. The summed E-state index contributed by atoms with van der Waals surface area (Å²) in [5.74, 6) is 0.509. The van der Waals surface area contributed by atoms with Gasteiger partial charge in [-0.25, -0.2) is 4.98 Å². The highest BCUT2D eigenvalue weighted by molar-refractivity contribution is 5.83. The van der Waals surface area contributed by atoms with Crippen molar-refractivity contribution in [2.45, 2.75) is 0 Å². The molecule has 0 aliphatic rings. The zero-order chi connectivity index (χ0) is 8.39. The summed E-state index contributed by atoms with van der Waals surface area (Å²) in [6, 6.07) is 0. The average Bonchev–Trinajstić information content (AvgIpc) is 2.74. The van der Waals surface area contributed by atoms with Gasteiger partial charge in [-0.05, 0) is 0 Å². The summed E-state index contributed by atoms with van der Waals surface area (Å²) in [6.45, 7) is 0. The first-order chi connectivity index (χ1) is 5.92. The van der Waals surface area contributed by atoms with Gasteiger partial charge in [0.15, 0.2) is 18.4 Å². The molecule has 2 aromatic rings. The molecule has 0 aromatic carbocycles. The fourth-order valence-corrected chi connectivity index (χ4v) is 0.921. The second-order valence-electron chi connectivity index (χ2n) is 2.18. The fraction of sp³-hybridized carbons (Fsp3) is 0. The van der Waals surface area contributed by atoms with Crippen molar-refractivity contribution in [3.63, 3.8) is 0 Å². The van der Waals surface area contributed by atoms with E-state index in [0.717, 1.165) is 0 Å². The van der Waals surface area contributed by atoms with Gasteiger partial charge in [-0.3, -0.25) is 9.89 Å². The van der Waals surface area contributed by atoms with Gasteiger partial charge in [-0.2, -0.15) is 5.10 Å². The molecule has 0 amide bonds. The Kier molecular flexibility index (Phi) is 1.48. The Labute approximate surface area is 67.4 Å². The molecule has 1 N–H and O–H groups in total. The molecule has 0 spiro atoms. The number of rotatable bonds is 2. The van der Waals surface area contributed by atoms with Crippen molar-refractivity contribution in [1.29, 1.82) is 0 Å². The predicted octanol–water partition coefficient (Wildman–Crippen LogP) is 0.877. The number of oxazole rings is 1. The number of carbonyl (C=O) groups excluding carboxylic acids is 1. The summed E-state index contributed by atoms with van der Waals surface area (Å²) in [5.41, 5.74) is 1.02. The van der Waals surface area contributed by atoms with Crippen LogP contribution in [0.2, 0.25) is 0 Å². The van der Waals surface area contributed by atoms with E-state index in [1.54, 1.807) is 0 Å². The van der Waals surface area contributed by atoms with Crippen LogP contribution in [0, 0.1) is 0 Å². The fourth-order valence-electron chi connectivity index (χ4n) is 0.921. The van der Waals surface area contributed by atoms with Gasteiger partial charge in [-0.15, -0.1) is 0 Å². The lowest BCUT2D eigenvalue weighted by Crippen LogP contribution is -1.80. The number of nitrogens with one attached hydrogen (secondary N) is 1. The SMILES string of the molecule is O=Cc1cn[nH]c1-c1cnco1. The minimum Gasteiger partial charge on any atom is -0.442 e. The summed E-state index contributed by atoms with van der Waals surface area (Å²) < 4.78 is 4.98. The molecule has 12 heavy (non-hydrogen) atoms. The summed E-state index contributed by atoms with van der Waals surface area (Å²) in [4.78, 5) is 14.2. The van der Waals surface area contributed by atoms with E-state index >= 15 is 0 Å². The van der Waals surface area contributed by atoms with Gasteiger partial charge in [-0.1, -0.05) is 0 Å². The van der Waals surface area contributed by atoms with Crippen LogP contribution in [-0.2, 0) is 0 Å². The van der Waals surface area contributed by atoms with E-state index in [1.165, 1.54) is 18.8 Å². The quantitative estimate of drug-likeness (QED) is 0.667. The number of H-pyrrole nitrogens is 1. The van der Waals surface area contributed by atoms with Gasteiger partial charge in [0.25, 0.3) is 0 Å². The zero-order valence-corrected chi connectivity index (χ0v) is 6.02. The topological polar surface area (TPSA) is 71.8 Å². The Morgan fingerprint density at radius 2 is 2.42 bits per heavy atom. The summed E-state index contributed by atoms with van der Waals surface area (Å²) in [5, 5.41) is 6.35. The number of carbonyl (C=O) groups is 1. The second kappa shape index (κ2) is 2.61. The van der Waals surface area contributed by atoms with E-state index in [-0.39, 0.29) is 0 Å². The molecule has 0 saturated heterocycles. The van der Waals surface area contributed by atoms with Crippen LogP contribution in [0.15, 0.2) is 23.2 Å². The Balaban J connectivity index is 2.53. The van der Waals surface area contributed by atoms with Crippen LogP contribution in [0.3, 0.4) is 0 Å². The van der Waals surface area contributed by atoms with Crippen molar-refractivity contribution in [2.75, 3.05) is 0 Å². The minimum atomic E-state index is 0.465. The molecule has 0 aliphatic carbocycles. The average molecular weight is 163 g/mol. The molecule has 2 aromatic heterocycles. The first kappa shape index (κ1) is 6.78. The highest BCUT2D eigenvalue weighted by atomic mass is 16.3. The first-order valence-electron chi connectivity index (χ1n) is 3.29. The molecular weight excluding hydrogens is 158 g/mol. The number of hydrogen-bond acceptors (Lipinski definition) is 4. The van der Waals surface area contributed by atoms with Gasteiger partial charge >= 0.3 is 0 Å². The molecule has 0 unspecified atom stereocenters. The van der Waals surface area contributed by atoms with Crippen molar-refractivity contribution >= 4 is 6.29 Å². The van der Waals surface area contributed by atoms with Gasteiger partial charge in [0, 0.05) is 0 Å². The third-order valence-corrected chi connectivity index (χ3v) is 1.47. The van der Waals surface area contributed by atoms with E-state index in [4.69, 9.17) is 4.42 Å². The molecule has 2 rings (SSSR count). The largest absolute Gasteiger partial charge is 0.442 e. The molecule has 60 valence electrons. The monoisotopic (exact) mass is 163 g/mol. The van der Waals surface area contributed by atoms with Crippen molar-refractivity contribution in [2.24, 2.45) is 0 Å². The Bertz CT molecular complexity index is 377. The molecule has 2 heterocycles. The number of aromatic nitrogens is 3. The Morgan fingerprint density at radius 3 is 3.08 bits per heavy atom. The summed E-state index contributed by atoms with van der Waals surface area (Å²) in [6.07, 6.45) is 4.96. The van der Waals surface area contributed by atoms with Crippen molar-refractivity contribution in [3.05, 3.63) is 24.4 Å². The molecule has 0 aliphatic heterocycles. The predicted molar refractivity (Wildman–Crippen MR) is 39.5 cm³/mol. The molecule has 0 saturated carbocycles. The third-order valence-electron chi connectivity index (χ3n) is 1.47. The lowest BCUT2D eigenvalue weighted by molar-refractivity contribution is 0.112. The number of hydrogen-bond donors (Lipinski definition) is 1. The van der Waals surface area contributed by atoms with E-state index in [2.05, 4.69) is 15.2 Å². The van der Waals surface area contributed by atoms with Gasteiger partial charge in [0.05, 0.1) is 18.0 Å². The molecule has 5 heteroatoms. The van der Waals surface area contributed by atoms with Gasteiger partial charge in [0.2, 0.25) is 0 Å². The lowest BCUT2D eigenvalue weighted by atomic mass is 10.2. The Hall–Kier alpha value is -1.91. The standard InChI is InChI=1S/C7H5N3O2/c11-3-5-1-9-10-7(5)6-2-8-4-12-6/h1-4H,(H,9,10). The van der Waals surface area contributed by atoms with Crippen LogP contribution < -0.4 is 0 Å². The maximum atomic E-state index is 10.5. The number of aldehydes is 1. The van der Waals surface area contributed by atoms with E-state index in [0.29, 0.717) is 23.3 Å². The molecule has 0 bridgehead atoms. The first-order valence-corrected chi connectivity index (χ1v) is 3.29. The highest BCUT2D eigenvalue weighted by Gasteiger charge is 2.08. The van der Waals surface area contributed by atoms with E-state index in [1.807, 2.05) is 0 Å². The number of aromatic amines is 1. The summed E-state index contributed by atoms with van der Waals surface area (Å²) >= 11 is 0. The summed E-state index contributed by atoms with van der Waals surface area (Å²) in [7, 11) is 0. The van der Waals surface area contributed by atoms with Gasteiger partial charge in [0.1, 0.15) is 5.69 Å². The third kappa shape index (κ3) is 0.914. The highest BCUT2D eigenvalue weighted by Crippen LogP contribution is 2.18. The van der Waals surface area contributed by atoms with E-state index < -0.39 is 0 Å². The van der Waals surface area contributed by atoms with Gasteiger partial charge < -0.3 is 4.42 Å². The number of nitrogens with zero attached hydrogens (tertiary/aromatic N) is 2. The van der Waals surface area contributed by atoms with Crippen LogP contribution in [0.5, 0.6) is 0 Å². The van der Waals surface area contributed by atoms with Crippen LogP contribution in [0.1, 0.15) is 10.4 Å². The second-order valence-corrected chi connectivity index (χ2v) is 2.18. The van der Waals surface area contributed by atoms with Crippen LogP contribution in [-0.4, -0.2) is 21.5 Å². The van der Waals surface area contributed by atoms with Crippen molar-refractivity contribution < 1.29 is 9.21 Å². The van der Waals surface area contributed by atoms with Crippen molar-refractivity contribution in [1.82, 2.24) is 15.2 Å². The maximum absolute atomic E-state index is 10.5. The minimum absolute atomic E-state index is 0.465.